The van der Waals surface area contributed by atoms with Gasteiger partial charge in [-0.3, -0.25) is 0 Å². The van der Waals surface area contributed by atoms with Crippen molar-refractivity contribution in [3.63, 3.8) is 0 Å². The largest absolute Gasteiger partial charge is 0.216 e. The fourth-order valence-corrected chi connectivity index (χ4v) is 1.28. The van der Waals surface area contributed by atoms with Crippen molar-refractivity contribution in [2.45, 2.75) is 25.7 Å². The summed E-state index contributed by atoms with van der Waals surface area (Å²) in [6.45, 7) is 6.64. The molecule has 0 bridgehead atoms. The van der Waals surface area contributed by atoms with E-state index in [1.165, 1.54) is 0 Å². The number of nitrogens with zero attached hydrogens (tertiary/aromatic N) is 1. The monoisotopic (exact) mass is 228 g/mol. The van der Waals surface area contributed by atoms with Gasteiger partial charge < -0.3 is 0 Å². The molecule has 1 aromatic rings. The number of pyridine rings is 1. The second-order valence-electron chi connectivity index (χ2n) is 4.02. The maximum absolute atomic E-state index is 3.67. The molecule has 1 unspecified atom stereocenters. The third kappa shape index (κ3) is 2.31. The second kappa shape index (κ2) is 3.56. The molecule has 0 aliphatic rings. The Morgan fingerprint density at radius 3 is 2.00 bits per heavy atom. The second-order valence-corrected chi connectivity index (χ2v) is 4.89. The van der Waals surface area contributed by atoms with Crippen LogP contribution in [0, 0.1) is 5.41 Å². The summed E-state index contributed by atoms with van der Waals surface area (Å²) in [5.74, 6) is 0. The maximum atomic E-state index is 3.67. The molecule has 0 amide bonds. The summed E-state index contributed by atoms with van der Waals surface area (Å²) in [7, 11) is 0. The smallest absolute Gasteiger partial charge is 0.192 e. The Kier molecular flexibility index (Phi) is 2.89. The summed E-state index contributed by atoms with van der Waals surface area (Å²) in [6, 6.07) is 6.11. The van der Waals surface area contributed by atoms with Gasteiger partial charge in [0.25, 0.3) is 0 Å². The fraction of sp³-hybridized carbons (Fsp3) is 0.500. The average Bonchev–Trinajstić information content (AvgIpc) is 2.03. The lowest BCUT2D eigenvalue weighted by Crippen LogP contribution is -2.41. The molecule has 1 rings (SSSR count). The van der Waals surface area contributed by atoms with Crippen LogP contribution in [0.15, 0.2) is 30.6 Å². The van der Waals surface area contributed by atoms with Gasteiger partial charge in [-0.1, -0.05) is 26.8 Å². The van der Waals surface area contributed by atoms with E-state index in [0.717, 1.165) is 0 Å². The van der Waals surface area contributed by atoms with Gasteiger partial charge in [-0.25, -0.2) is 0 Å². The quantitative estimate of drug-likeness (QED) is 0.515. The highest BCUT2D eigenvalue weighted by molar-refractivity contribution is 9.09. The van der Waals surface area contributed by atoms with Gasteiger partial charge in [-0.05, 0) is 15.9 Å². The van der Waals surface area contributed by atoms with Crippen LogP contribution < -0.4 is 4.57 Å². The van der Waals surface area contributed by atoms with Gasteiger partial charge in [-0.15, -0.1) is 0 Å². The van der Waals surface area contributed by atoms with Crippen LogP contribution in [0.3, 0.4) is 0 Å². The molecule has 0 radical (unpaired) electrons. The molecule has 0 spiro atoms. The number of rotatable bonds is 1. The molecule has 0 aliphatic carbocycles. The van der Waals surface area contributed by atoms with E-state index in [0.29, 0.717) is 4.95 Å². The molecule has 2 heteroatoms. The molecule has 1 aromatic heterocycles. The standard InChI is InChI=1S/C10H15BrN/c1-10(2,3)9(11)12-7-5-4-6-8-12/h4-9H,1-3H3/q+1. The summed E-state index contributed by atoms with van der Waals surface area (Å²) in [5.41, 5.74) is 0.242. The van der Waals surface area contributed by atoms with Crippen LogP contribution in [-0.4, -0.2) is 0 Å². The zero-order valence-corrected chi connectivity index (χ0v) is 9.38. The molecule has 1 heterocycles. The maximum Gasteiger partial charge on any atom is 0.216 e. The van der Waals surface area contributed by atoms with Gasteiger partial charge in [0.15, 0.2) is 12.4 Å². The molecule has 66 valence electrons. The van der Waals surface area contributed by atoms with Gasteiger partial charge in [0.05, 0.1) is 0 Å². The van der Waals surface area contributed by atoms with Crippen LogP contribution in [0.5, 0.6) is 0 Å². The summed E-state index contributed by atoms with van der Waals surface area (Å²) in [4.78, 5) is 0.353. The number of aromatic nitrogens is 1. The molecule has 0 aromatic carbocycles. The van der Waals surface area contributed by atoms with Crippen LogP contribution >= 0.6 is 15.9 Å². The molecule has 12 heavy (non-hydrogen) atoms. The zero-order chi connectivity index (χ0) is 9.19. The first kappa shape index (κ1) is 9.72. The summed E-state index contributed by atoms with van der Waals surface area (Å²) in [6.07, 6.45) is 4.15. The molecule has 0 aliphatic heterocycles. The molecular formula is C10H15BrN+. The van der Waals surface area contributed by atoms with Crippen molar-refractivity contribution in [3.05, 3.63) is 30.6 Å². The highest BCUT2D eigenvalue weighted by Crippen LogP contribution is 2.30. The van der Waals surface area contributed by atoms with Gasteiger partial charge in [0.1, 0.15) is 0 Å². The van der Waals surface area contributed by atoms with Gasteiger partial charge >= 0.3 is 0 Å². The highest BCUT2D eigenvalue weighted by atomic mass is 79.9. The minimum Gasteiger partial charge on any atom is -0.192 e. The van der Waals surface area contributed by atoms with Crippen molar-refractivity contribution >= 4 is 15.9 Å². The average molecular weight is 229 g/mol. The Balaban J connectivity index is 2.86. The van der Waals surface area contributed by atoms with Crippen LogP contribution in [0.2, 0.25) is 0 Å². The van der Waals surface area contributed by atoms with Crippen molar-refractivity contribution in [1.29, 1.82) is 0 Å². The highest BCUT2D eigenvalue weighted by Gasteiger charge is 2.29. The van der Waals surface area contributed by atoms with E-state index in [1.807, 2.05) is 18.2 Å². The predicted octanol–water partition coefficient (Wildman–Crippen LogP) is 2.91. The van der Waals surface area contributed by atoms with Crippen molar-refractivity contribution in [2.24, 2.45) is 5.41 Å². The predicted molar refractivity (Wildman–Crippen MR) is 54.1 cm³/mol. The van der Waals surface area contributed by atoms with E-state index in [2.05, 4.69) is 53.7 Å². The van der Waals surface area contributed by atoms with E-state index in [-0.39, 0.29) is 5.41 Å². The molecule has 1 nitrogen and oxygen atoms in total. The number of halogens is 1. The number of hydrogen-bond donors (Lipinski definition) is 0. The molecule has 0 N–H and O–H groups in total. The van der Waals surface area contributed by atoms with Crippen molar-refractivity contribution < 1.29 is 4.57 Å². The topological polar surface area (TPSA) is 3.88 Å². The van der Waals surface area contributed by atoms with Crippen LogP contribution in [0.1, 0.15) is 25.7 Å². The minimum atomic E-state index is 0.242. The van der Waals surface area contributed by atoms with E-state index in [1.54, 1.807) is 0 Å². The normalized spacial score (nSPS) is 14.3. The first-order valence-corrected chi connectivity index (χ1v) is 5.03. The molecule has 0 saturated carbocycles. The Bertz CT molecular complexity index is 238. The van der Waals surface area contributed by atoms with E-state index >= 15 is 0 Å². The third-order valence-electron chi connectivity index (χ3n) is 1.72. The Morgan fingerprint density at radius 1 is 1.08 bits per heavy atom. The minimum absolute atomic E-state index is 0.242. The van der Waals surface area contributed by atoms with Crippen LogP contribution in [0.4, 0.5) is 0 Å². The third-order valence-corrected chi connectivity index (χ3v) is 3.56. The summed E-state index contributed by atoms with van der Waals surface area (Å²) < 4.78 is 2.17. The van der Waals surface area contributed by atoms with E-state index in [4.69, 9.17) is 0 Å². The van der Waals surface area contributed by atoms with Crippen molar-refractivity contribution in [2.75, 3.05) is 0 Å². The lowest BCUT2D eigenvalue weighted by molar-refractivity contribution is -0.709. The SMILES string of the molecule is CC(C)(C)C(Br)[n+]1ccccc1. The fourth-order valence-electron chi connectivity index (χ4n) is 1.01. The zero-order valence-electron chi connectivity index (χ0n) is 7.79. The Morgan fingerprint density at radius 2 is 1.58 bits per heavy atom. The molecule has 0 saturated heterocycles. The first-order valence-electron chi connectivity index (χ1n) is 4.11. The lowest BCUT2D eigenvalue weighted by Gasteiger charge is -2.20. The Hall–Kier alpha value is -0.370. The van der Waals surface area contributed by atoms with Gasteiger partial charge in [0, 0.05) is 17.5 Å². The van der Waals surface area contributed by atoms with Crippen molar-refractivity contribution in [1.82, 2.24) is 0 Å². The van der Waals surface area contributed by atoms with E-state index < -0.39 is 0 Å². The lowest BCUT2D eigenvalue weighted by atomic mass is 9.97. The summed E-state index contributed by atoms with van der Waals surface area (Å²) in [5, 5.41) is 0. The number of alkyl halides is 1. The first-order chi connectivity index (χ1) is 5.52. The summed E-state index contributed by atoms with van der Waals surface area (Å²) >= 11 is 3.67. The van der Waals surface area contributed by atoms with Crippen molar-refractivity contribution in [3.8, 4) is 0 Å². The molecule has 1 atom stereocenters. The number of hydrogen-bond acceptors (Lipinski definition) is 0. The Labute approximate surface area is 82.6 Å². The van der Waals surface area contributed by atoms with Gasteiger partial charge in [-0.2, -0.15) is 4.57 Å². The van der Waals surface area contributed by atoms with Crippen LogP contribution in [-0.2, 0) is 0 Å². The van der Waals surface area contributed by atoms with Gasteiger partial charge in [0.2, 0.25) is 4.95 Å². The molecular weight excluding hydrogens is 214 g/mol. The van der Waals surface area contributed by atoms with Crippen LogP contribution in [0.25, 0.3) is 0 Å². The molecule has 0 fully saturated rings. The van der Waals surface area contributed by atoms with E-state index in [9.17, 15) is 0 Å².